The van der Waals surface area contributed by atoms with E-state index in [0.717, 1.165) is 45.4 Å². The van der Waals surface area contributed by atoms with Crippen LogP contribution in [0.3, 0.4) is 0 Å². The number of rotatable bonds is 8. The van der Waals surface area contributed by atoms with Crippen LogP contribution in [0.15, 0.2) is 48.8 Å². The smallest absolute Gasteiger partial charge is 0.224 e. The van der Waals surface area contributed by atoms with E-state index in [2.05, 4.69) is 50.5 Å². The number of benzene rings is 1. The van der Waals surface area contributed by atoms with E-state index < -0.39 is 0 Å². The summed E-state index contributed by atoms with van der Waals surface area (Å²) in [6.45, 7) is 6.95. The Labute approximate surface area is 180 Å². The molecule has 2 saturated heterocycles. The average Bonchev–Trinajstić information content (AvgIpc) is 3.32. The normalized spacial score (nSPS) is 21.5. The summed E-state index contributed by atoms with van der Waals surface area (Å²) in [7, 11) is 0. The van der Waals surface area contributed by atoms with Crippen LogP contribution in [0.1, 0.15) is 31.2 Å². The van der Waals surface area contributed by atoms with Crippen molar-refractivity contribution in [3.63, 3.8) is 0 Å². The number of hydrogen-bond acceptors (Lipinski definition) is 4. The maximum absolute atomic E-state index is 12.7. The molecule has 2 aromatic rings. The van der Waals surface area contributed by atoms with Crippen molar-refractivity contribution in [1.82, 2.24) is 24.9 Å². The lowest BCUT2D eigenvalue weighted by Gasteiger charge is -2.42. The zero-order valence-corrected chi connectivity index (χ0v) is 18.0. The molecule has 1 aromatic heterocycles. The summed E-state index contributed by atoms with van der Waals surface area (Å²) in [5, 5.41) is 7.31. The van der Waals surface area contributed by atoms with Gasteiger partial charge in [0.25, 0.3) is 0 Å². The summed E-state index contributed by atoms with van der Waals surface area (Å²) < 4.78 is 1.86. The highest BCUT2D eigenvalue weighted by molar-refractivity contribution is 5.78. The van der Waals surface area contributed by atoms with Crippen molar-refractivity contribution in [2.45, 2.75) is 44.7 Å². The lowest BCUT2D eigenvalue weighted by molar-refractivity contribution is -0.127. The first-order chi connectivity index (χ1) is 14.8. The van der Waals surface area contributed by atoms with Gasteiger partial charge in [0.2, 0.25) is 5.91 Å². The van der Waals surface area contributed by atoms with Crippen molar-refractivity contribution in [1.29, 1.82) is 0 Å². The van der Waals surface area contributed by atoms with Gasteiger partial charge in [-0.25, -0.2) is 0 Å². The van der Waals surface area contributed by atoms with Gasteiger partial charge in [-0.3, -0.25) is 14.4 Å². The van der Waals surface area contributed by atoms with Gasteiger partial charge in [-0.1, -0.05) is 30.3 Å². The second-order valence-electron chi connectivity index (χ2n) is 8.70. The minimum atomic E-state index is 0.132. The van der Waals surface area contributed by atoms with Crippen molar-refractivity contribution in [3.8, 4) is 0 Å². The molecule has 0 bridgehead atoms. The van der Waals surface area contributed by atoms with Gasteiger partial charge in [-0.2, -0.15) is 5.10 Å². The summed E-state index contributed by atoms with van der Waals surface area (Å²) in [6.07, 6.45) is 9.43. The predicted molar refractivity (Wildman–Crippen MR) is 119 cm³/mol. The second-order valence-corrected chi connectivity index (χ2v) is 8.70. The zero-order valence-electron chi connectivity index (χ0n) is 18.0. The largest absolute Gasteiger partial charge is 0.354 e. The summed E-state index contributed by atoms with van der Waals surface area (Å²) in [4.78, 5) is 17.8. The van der Waals surface area contributed by atoms with Crippen LogP contribution in [0.4, 0.5) is 0 Å². The van der Waals surface area contributed by atoms with E-state index in [0.29, 0.717) is 12.6 Å². The van der Waals surface area contributed by atoms with Crippen LogP contribution in [0, 0.1) is 5.92 Å². The molecule has 3 heterocycles. The molecule has 30 heavy (non-hydrogen) atoms. The SMILES string of the molecule is O=C(NCCn1cccn1)[C@@H]1CCCN(C2CCN(CCc3ccccc3)CC2)C1. The molecule has 162 valence electrons. The summed E-state index contributed by atoms with van der Waals surface area (Å²) in [5.74, 6) is 0.347. The highest BCUT2D eigenvalue weighted by Gasteiger charge is 2.31. The fourth-order valence-corrected chi connectivity index (χ4v) is 4.86. The molecule has 4 rings (SSSR count). The molecule has 0 spiro atoms. The van der Waals surface area contributed by atoms with Crippen LogP contribution in [0.2, 0.25) is 0 Å². The van der Waals surface area contributed by atoms with E-state index in [1.165, 1.54) is 31.5 Å². The topological polar surface area (TPSA) is 53.4 Å². The maximum Gasteiger partial charge on any atom is 0.224 e. The average molecular weight is 410 g/mol. The number of carbonyl (C=O) groups is 1. The number of amides is 1. The molecule has 1 aromatic carbocycles. The Morgan fingerprint density at radius 3 is 2.63 bits per heavy atom. The van der Waals surface area contributed by atoms with Crippen molar-refractivity contribution >= 4 is 5.91 Å². The number of nitrogens with zero attached hydrogens (tertiary/aromatic N) is 4. The molecule has 2 fully saturated rings. The van der Waals surface area contributed by atoms with Gasteiger partial charge in [-0.05, 0) is 63.4 Å². The van der Waals surface area contributed by atoms with Crippen LogP contribution >= 0.6 is 0 Å². The van der Waals surface area contributed by atoms with Gasteiger partial charge in [0.05, 0.1) is 12.5 Å². The molecule has 0 saturated carbocycles. The van der Waals surface area contributed by atoms with E-state index in [9.17, 15) is 4.79 Å². The summed E-state index contributed by atoms with van der Waals surface area (Å²) in [5.41, 5.74) is 1.43. The van der Waals surface area contributed by atoms with Gasteiger partial charge in [0.15, 0.2) is 0 Å². The molecule has 6 nitrogen and oxygen atoms in total. The number of carbonyl (C=O) groups excluding carboxylic acids is 1. The fraction of sp³-hybridized carbons (Fsp3) is 0.583. The molecule has 1 N–H and O–H groups in total. The number of aromatic nitrogens is 2. The Morgan fingerprint density at radius 1 is 1.03 bits per heavy atom. The third-order valence-electron chi connectivity index (χ3n) is 6.66. The number of nitrogens with one attached hydrogen (secondary N) is 1. The van der Waals surface area contributed by atoms with E-state index in [-0.39, 0.29) is 11.8 Å². The van der Waals surface area contributed by atoms with Crippen LogP contribution < -0.4 is 5.32 Å². The van der Waals surface area contributed by atoms with Crippen molar-refractivity contribution < 1.29 is 4.79 Å². The lowest BCUT2D eigenvalue weighted by Crippen LogP contribution is -2.51. The molecular formula is C24H35N5O. The molecule has 0 radical (unpaired) electrons. The Bertz CT molecular complexity index is 755. The lowest BCUT2D eigenvalue weighted by atomic mass is 9.93. The molecule has 0 unspecified atom stereocenters. The minimum Gasteiger partial charge on any atom is -0.354 e. The first-order valence-electron chi connectivity index (χ1n) is 11.5. The Kier molecular flexibility index (Phi) is 7.54. The van der Waals surface area contributed by atoms with Crippen LogP contribution in [0.5, 0.6) is 0 Å². The third-order valence-corrected chi connectivity index (χ3v) is 6.66. The van der Waals surface area contributed by atoms with Gasteiger partial charge in [0, 0.05) is 38.1 Å². The number of piperidine rings is 2. The number of likely N-dealkylation sites (tertiary alicyclic amines) is 2. The fourth-order valence-electron chi connectivity index (χ4n) is 4.86. The standard InChI is InChI=1S/C24H35N5O/c30-24(25-13-19-29-15-5-12-26-29)22-8-4-14-28(20-22)23-10-17-27(18-11-23)16-9-21-6-2-1-3-7-21/h1-3,5-7,12,15,22-23H,4,8-11,13-14,16-20H2,(H,25,30)/t22-/m1/s1. The summed E-state index contributed by atoms with van der Waals surface area (Å²) >= 11 is 0. The van der Waals surface area contributed by atoms with E-state index in [1.807, 2.05) is 16.9 Å². The molecule has 1 atom stereocenters. The van der Waals surface area contributed by atoms with E-state index in [4.69, 9.17) is 0 Å². The van der Waals surface area contributed by atoms with Gasteiger partial charge >= 0.3 is 0 Å². The van der Waals surface area contributed by atoms with Crippen molar-refractivity contribution in [2.24, 2.45) is 5.92 Å². The van der Waals surface area contributed by atoms with Crippen LogP contribution in [0.25, 0.3) is 0 Å². The Balaban J connectivity index is 1.17. The van der Waals surface area contributed by atoms with Crippen LogP contribution in [-0.2, 0) is 17.8 Å². The predicted octanol–water partition coefficient (Wildman–Crippen LogP) is 2.42. The zero-order chi connectivity index (χ0) is 20.6. The third kappa shape index (κ3) is 5.92. The molecule has 1 amide bonds. The Hall–Kier alpha value is -2.18. The highest BCUT2D eigenvalue weighted by atomic mass is 16.1. The molecular weight excluding hydrogens is 374 g/mol. The van der Waals surface area contributed by atoms with Crippen LogP contribution in [-0.4, -0.2) is 70.8 Å². The number of hydrogen-bond donors (Lipinski definition) is 1. The molecule has 2 aliphatic rings. The summed E-state index contributed by atoms with van der Waals surface area (Å²) in [6, 6.07) is 13.3. The van der Waals surface area contributed by atoms with Gasteiger partial charge in [-0.15, -0.1) is 0 Å². The van der Waals surface area contributed by atoms with E-state index in [1.54, 1.807) is 6.20 Å². The van der Waals surface area contributed by atoms with Gasteiger partial charge in [0.1, 0.15) is 0 Å². The molecule has 0 aliphatic carbocycles. The molecule has 2 aliphatic heterocycles. The highest BCUT2D eigenvalue weighted by Crippen LogP contribution is 2.24. The maximum atomic E-state index is 12.7. The monoisotopic (exact) mass is 409 g/mol. The van der Waals surface area contributed by atoms with Crippen molar-refractivity contribution in [3.05, 3.63) is 54.4 Å². The molecule has 6 heteroatoms. The second kappa shape index (κ2) is 10.7. The van der Waals surface area contributed by atoms with Gasteiger partial charge < -0.3 is 10.2 Å². The van der Waals surface area contributed by atoms with Crippen molar-refractivity contribution in [2.75, 3.05) is 39.3 Å². The first kappa shape index (κ1) is 21.1. The first-order valence-corrected chi connectivity index (χ1v) is 11.5. The quantitative estimate of drug-likeness (QED) is 0.728. The minimum absolute atomic E-state index is 0.132. The van der Waals surface area contributed by atoms with E-state index >= 15 is 0 Å². The Morgan fingerprint density at radius 2 is 1.87 bits per heavy atom.